The molecule has 186 valence electrons. The molecule has 3 heterocycles. The van der Waals surface area contributed by atoms with Crippen LogP contribution in [0.1, 0.15) is 36.1 Å². The van der Waals surface area contributed by atoms with Crippen LogP contribution in [0, 0.1) is 0 Å². The van der Waals surface area contributed by atoms with Crippen LogP contribution in [0.25, 0.3) is 6.08 Å². The van der Waals surface area contributed by atoms with Crippen LogP contribution in [0.4, 0.5) is 13.2 Å². The topological polar surface area (TPSA) is 49.8 Å². The molecular weight excluding hydrogens is 519 g/mol. The lowest BCUT2D eigenvalue weighted by atomic mass is 9.82. The van der Waals surface area contributed by atoms with Crippen molar-refractivity contribution in [1.82, 2.24) is 4.90 Å². The van der Waals surface area contributed by atoms with Crippen LogP contribution < -0.4 is 4.74 Å². The first-order chi connectivity index (χ1) is 16.4. The predicted octanol–water partition coefficient (Wildman–Crippen LogP) is 7.23. The van der Waals surface area contributed by atoms with Crippen LogP contribution in [0.3, 0.4) is 0 Å². The number of fused-ring (bicyclic) bond motifs is 1. The maximum atomic E-state index is 13.5. The van der Waals surface area contributed by atoms with Crippen molar-refractivity contribution in [2.45, 2.75) is 44.6 Å². The Morgan fingerprint density at radius 3 is 2.20 bits per heavy atom. The second kappa shape index (κ2) is 9.97. The Kier molecular flexibility index (Phi) is 7.33. The van der Waals surface area contributed by atoms with E-state index in [1.54, 1.807) is 22.7 Å². The van der Waals surface area contributed by atoms with E-state index in [9.17, 15) is 23.1 Å². The third-order valence-corrected chi connectivity index (χ3v) is 7.58. The van der Waals surface area contributed by atoms with Crippen LogP contribution in [0.15, 0.2) is 51.4 Å². The van der Waals surface area contributed by atoms with Crippen molar-refractivity contribution >= 4 is 46.3 Å². The van der Waals surface area contributed by atoms with Crippen LogP contribution >= 0.6 is 34.3 Å². The molecule has 0 fully saturated rings. The number of halogens is 4. The highest BCUT2D eigenvalue weighted by molar-refractivity contribution is 7.08. The third-order valence-electron chi connectivity index (χ3n) is 5.80. The van der Waals surface area contributed by atoms with E-state index in [-0.39, 0.29) is 11.3 Å². The Morgan fingerprint density at radius 1 is 1.11 bits per heavy atom. The third kappa shape index (κ3) is 5.91. The molecule has 1 aliphatic rings. The van der Waals surface area contributed by atoms with E-state index < -0.39 is 29.2 Å². The molecule has 0 saturated heterocycles. The molecule has 10 heteroatoms. The molecule has 0 spiro atoms. The van der Waals surface area contributed by atoms with Crippen LogP contribution in [0.2, 0.25) is 5.02 Å². The quantitative estimate of drug-likeness (QED) is 0.327. The number of aliphatic carboxylic acids is 1. The van der Waals surface area contributed by atoms with Gasteiger partial charge in [0.2, 0.25) is 6.10 Å². The molecule has 0 bridgehead atoms. The van der Waals surface area contributed by atoms with Crippen LogP contribution in [0.5, 0.6) is 5.75 Å². The number of thiophene rings is 2. The smallest absolute Gasteiger partial charge is 0.430 e. The molecule has 0 saturated carbocycles. The maximum absolute atomic E-state index is 13.5. The number of hydrogen-bond donors (Lipinski definition) is 1. The summed E-state index contributed by atoms with van der Waals surface area (Å²) in [5.41, 5.74) is 1.78. The fourth-order valence-corrected chi connectivity index (χ4v) is 5.99. The van der Waals surface area contributed by atoms with Crippen molar-refractivity contribution in [3.8, 4) is 5.75 Å². The zero-order valence-corrected chi connectivity index (χ0v) is 21.3. The van der Waals surface area contributed by atoms with Gasteiger partial charge in [-0.25, -0.2) is 4.79 Å². The van der Waals surface area contributed by atoms with Gasteiger partial charge in [0.1, 0.15) is 5.75 Å². The van der Waals surface area contributed by atoms with Gasteiger partial charge in [-0.1, -0.05) is 25.4 Å². The Balaban J connectivity index is 1.66. The zero-order chi connectivity index (χ0) is 25.4. The van der Waals surface area contributed by atoms with Gasteiger partial charge in [-0.15, -0.1) is 0 Å². The van der Waals surface area contributed by atoms with E-state index in [4.69, 9.17) is 16.3 Å². The highest BCUT2D eigenvalue weighted by atomic mass is 35.5. The average Bonchev–Trinajstić information content (AvgIpc) is 3.45. The minimum atomic E-state index is -4.87. The Labute approximate surface area is 214 Å². The van der Waals surface area contributed by atoms with Gasteiger partial charge in [0.25, 0.3) is 0 Å². The molecule has 3 aromatic rings. The van der Waals surface area contributed by atoms with Gasteiger partial charge < -0.3 is 9.84 Å². The molecule has 4 rings (SSSR count). The molecule has 4 nitrogen and oxygen atoms in total. The van der Waals surface area contributed by atoms with E-state index in [0.29, 0.717) is 30.2 Å². The summed E-state index contributed by atoms with van der Waals surface area (Å²) in [6, 6.07) is 7.13. The largest absolute Gasteiger partial charge is 0.478 e. The monoisotopic (exact) mass is 541 g/mol. The molecular formula is C25H23ClF3NO3S2. The molecule has 1 atom stereocenters. The lowest BCUT2D eigenvalue weighted by Gasteiger charge is -2.35. The highest BCUT2D eigenvalue weighted by Crippen LogP contribution is 2.42. The van der Waals surface area contributed by atoms with E-state index in [1.807, 2.05) is 24.6 Å². The van der Waals surface area contributed by atoms with Crippen molar-refractivity contribution < 1.29 is 27.8 Å². The molecule has 0 amide bonds. The fourth-order valence-electron chi connectivity index (χ4n) is 4.25. The van der Waals surface area contributed by atoms with Crippen LogP contribution in [-0.4, -0.2) is 34.8 Å². The van der Waals surface area contributed by atoms with Crippen LogP contribution in [-0.2, 0) is 23.3 Å². The lowest BCUT2D eigenvalue weighted by Crippen LogP contribution is -2.40. The number of hydrogen-bond acceptors (Lipinski definition) is 5. The SMILES string of the molecule is CC(C)(CN(Cc1ccsc1)Cc1ccsc1)c1cc2c(cc1Cl)C=C(C(=O)O)C(C(F)(F)F)O2. The first-order valence-electron chi connectivity index (χ1n) is 10.7. The zero-order valence-electron chi connectivity index (χ0n) is 18.9. The van der Waals surface area contributed by atoms with E-state index in [1.165, 1.54) is 23.3 Å². The summed E-state index contributed by atoms with van der Waals surface area (Å²) in [5.74, 6) is -1.72. The Hall–Kier alpha value is -2.33. The number of carboxylic acids is 1. The van der Waals surface area contributed by atoms with Gasteiger partial charge in [-0.3, -0.25) is 4.90 Å². The maximum Gasteiger partial charge on any atom is 0.430 e. The highest BCUT2D eigenvalue weighted by Gasteiger charge is 2.48. The van der Waals surface area contributed by atoms with Gasteiger partial charge in [0, 0.05) is 35.6 Å². The molecule has 1 N–H and O–H groups in total. The second-order valence-corrected chi connectivity index (χ2v) is 11.1. The summed E-state index contributed by atoms with van der Waals surface area (Å²) >= 11 is 9.85. The van der Waals surface area contributed by atoms with E-state index >= 15 is 0 Å². The molecule has 1 aromatic carbocycles. The number of ether oxygens (including phenoxy) is 1. The molecule has 2 aromatic heterocycles. The number of nitrogens with zero attached hydrogens (tertiary/aromatic N) is 1. The van der Waals surface area contributed by atoms with Gasteiger partial charge in [-0.2, -0.15) is 35.8 Å². The lowest BCUT2D eigenvalue weighted by molar-refractivity contribution is -0.187. The summed E-state index contributed by atoms with van der Waals surface area (Å²) < 4.78 is 45.8. The van der Waals surface area contributed by atoms with Crippen molar-refractivity contribution in [2.24, 2.45) is 0 Å². The summed E-state index contributed by atoms with van der Waals surface area (Å²) in [5, 5.41) is 17.9. The predicted molar refractivity (Wildman–Crippen MR) is 133 cm³/mol. The standard InChI is InChI=1S/C25H23ClF3NO3S2/c1-24(2,14-30(10-15-3-5-34-12-15)11-16-4-6-35-13-16)19-9-21-17(8-20(19)26)7-18(23(31)32)22(33-21)25(27,28)29/h3-9,12-13,22H,10-11,14H2,1-2H3,(H,31,32). The second-order valence-electron chi connectivity index (χ2n) is 9.11. The minimum absolute atomic E-state index is 0.0352. The summed E-state index contributed by atoms with van der Waals surface area (Å²) in [7, 11) is 0. The first-order valence-corrected chi connectivity index (χ1v) is 13.0. The fraction of sp³-hybridized carbons (Fsp3) is 0.320. The average molecular weight is 542 g/mol. The first kappa shape index (κ1) is 25.8. The molecule has 1 aliphatic heterocycles. The van der Waals surface area contributed by atoms with Crippen molar-refractivity contribution in [3.63, 3.8) is 0 Å². The van der Waals surface area contributed by atoms with Gasteiger partial charge in [0.05, 0.1) is 5.57 Å². The number of carboxylic acid groups (broad SMARTS) is 1. The Morgan fingerprint density at radius 2 is 1.71 bits per heavy atom. The van der Waals surface area contributed by atoms with Gasteiger partial charge >= 0.3 is 12.1 Å². The molecule has 0 aliphatic carbocycles. The van der Waals surface area contributed by atoms with Gasteiger partial charge in [-0.05, 0) is 68.6 Å². The number of rotatable bonds is 8. The van der Waals surface area contributed by atoms with E-state index in [2.05, 4.69) is 27.8 Å². The van der Waals surface area contributed by atoms with Crippen molar-refractivity contribution in [2.75, 3.05) is 6.54 Å². The van der Waals surface area contributed by atoms with Crippen molar-refractivity contribution in [3.05, 3.63) is 78.6 Å². The summed E-state index contributed by atoms with van der Waals surface area (Å²) in [6.07, 6.45) is -6.42. The van der Waals surface area contributed by atoms with Gasteiger partial charge in [0.15, 0.2) is 0 Å². The number of carbonyl (C=O) groups is 1. The molecule has 35 heavy (non-hydrogen) atoms. The normalized spacial score (nSPS) is 16.1. The van der Waals surface area contributed by atoms with Crippen molar-refractivity contribution in [1.29, 1.82) is 0 Å². The summed E-state index contributed by atoms with van der Waals surface area (Å²) in [4.78, 5) is 13.7. The molecule has 1 unspecified atom stereocenters. The number of benzene rings is 1. The van der Waals surface area contributed by atoms with E-state index in [0.717, 1.165) is 6.08 Å². The minimum Gasteiger partial charge on any atom is -0.478 e. The molecule has 0 radical (unpaired) electrons. The summed E-state index contributed by atoms with van der Waals surface area (Å²) in [6.45, 7) is 5.97. The Bertz CT molecular complexity index is 1190. The number of alkyl halides is 3.